The lowest BCUT2D eigenvalue weighted by Gasteiger charge is -2.06. The van der Waals surface area contributed by atoms with Gasteiger partial charge >= 0.3 is 5.97 Å². The normalized spacial score (nSPS) is 11.2. The highest BCUT2D eigenvalue weighted by atomic mass is 35.5. The standard InChI is InChI=1S/C16H12ClFO2/c1-20-16(19)15(12-4-8-14(18)9-5-12)10-11-2-6-13(17)7-3-11/h2-10H,1H3/b15-10+. The fourth-order valence-electron chi connectivity index (χ4n) is 1.73. The summed E-state index contributed by atoms with van der Waals surface area (Å²) in [6.45, 7) is 0. The molecular formula is C16H12ClFO2. The van der Waals surface area contributed by atoms with E-state index < -0.39 is 5.97 Å². The van der Waals surface area contributed by atoms with Gasteiger partial charge in [0.2, 0.25) is 0 Å². The van der Waals surface area contributed by atoms with Crippen molar-refractivity contribution in [3.8, 4) is 0 Å². The molecule has 0 aliphatic carbocycles. The zero-order chi connectivity index (χ0) is 14.5. The van der Waals surface area contributed by atoms with Gasteiger partial charge in [-0.05, 0) is 41.5 Å². The van der Waals surface area contributed by atoms with Crippen molar-refractivity contribution in [2.75, 3.05) is 7.11 Å². The molecule has 0 saturated carbocycles. The molecule has 0 spiro atoms. The molecule has 2 aromatic rings. The number of hydrogen-bond acceptors (Lipinski definition) is 2. The minimum absolute atomic E-state index is 0.356. The van der Waals surface area contributed by atoms with E-state index in [1.54, 1.807) is 30.3 Å². The van der Waals surface area contributed by atoms with Gasteiger partial charge in [0.15, 0.2) is 0 Å². The van der Waals surface area contributed by atoms with Crippen LogP contribution in [0.25, 0.3) is 11.6 Å². The van der Waals surface area contributed by atoms with E-state index in [0.29, 0.717) is 16.2 Å². The molecule has 0 radical (unpaired) electrons. The minimum atomic E-state index is -0.480. The Kier molecular flexibility index (Phi) is 4.53. The Morgan fingerprint density at radius 3 is 2.25 bits per heavy atom. The average molecular weight is 291 g/mol. The van der Waals surface area contributed by atoms with Crippen LogP contribution in [0.2, 0.25) is 5.02 Å². The van der Waals surface area contributed by atoms with Crippen LogP contribution in [0, 0.1) is 5.82 Å². The van der Waals surface area contributed by atoms with Crippen molar-refractivity contribution >= 4 is 29.2 Å². The number of esters is 1. The van der Waals surface area contributed by atoms with Gasteiger partial charge in [0.25, 0.3) is 0 Å². The third-order valence-corrected chi connectivity index (χ3v) is 2.99. The van der Waals surface area contributed by atoms with Crippen LogP contribution in [0.1, 0.15) is 11.1 Å². The molecule has 4 heteroatoms. The molecule has 2 aromatic carbocycles. The lowest BCUT2D eigenvalue weighted by Crippen LogP contribution is -2.03. The van der Waals surface area contributed by atoms with Crippen LogP contribution in [0.5, 0.6) is 0 Å². The van der Waals surface area contributed by atoms with Crippen molar-refractivity contribution in [3.63, 3.8) is 0 Å². The second-order valence-corrected chi connectivity index (χ2v) is 4.54. The monoisotopic (exact) mass is 290 g/mol. The summed E-state index contributed by atoms with van der Waals surface area (Å²) >= 11 is 5.82. The predicted molar refractivity (Wildman–Crippen MR) is 77.7 cm³/mol. The zero-order valence-corrected chi connectivity index (χ0v) is 11.5. The van der Waals surface area contributed by atoms with Crippen molar-refractivity contribution in [2.24, 2.45) is 0 Å². The fraction of sp³-hybridized carbons (Fsp3) is 0.0625. The summed E-state index contributed by atoms with van der Waals surface area (Å²) in [5, 5.41) is 0.614. The Morgan fingerprint density at radius 2 is 1.70 bits per heavy atom. The molecule has 2 rings (SSSR count). The summed E-state index contributed by atoms with van der Waals surface area (Å²) in [7, 11) is 1.31. The maximum absolute atomic E-state index is 13.0. The first-order valence-electron chi connectivity index (χ1n) is 5.91. The predicted octanol–water partition coefficient (Wildman–Crippen LogP) is 4.19. The van der Waals surface area contributed by atoms with Crippen LogP contribution < -0.4 is 0 Å². The summed E-state index contributed by atoms with van der Waals surface area (Å²) in [6.07, 6.45) is 1.68. The fourth-order valence-corrected chi connectivity index (χ4v) is 1.85. The van der Waals surface area contributed by atoms with Gasteiger partial charge in [0.05, 0.1) is 12.7 Å². The van der Waals surface area contributed by atoms with Crippen LogP contribution in [0.3, 0.4) is 0 Å². The quantitative estimate of drug-likeness (QED) is 0.481. The topological polar surface area (TPSA) is 26.3 Å². The van der Waals surface area contributed by atoms with Crippen molar-refractivity contribution < 1.29 is 13.9 Å². The van der Waals surface area contributed by atoms with E-state index in [1.165, 1.54) is 31.4 Å². The lowest BCUT2D eigenvalue weighted by molar-refractivity contribution is -0.133. The molecule has 0 aliphatic heterocycles. The number of carbonyl (C=O) groups is 1. The van der Waals surface area contributed by atoms with E-state index >= 15 is 0 Å². The highest BCUT2D eigenvalue weighted by Crippen LogP contribution is 2.21. The van der Waals surface area contributed by atoms with E-state index in [9.17, 15) is 9.18 Å². The number of methoxy groups -OCH3 is 1. The molecule has 0 unspecified atom stereocenters. The molecule has 0 N–H and O–H groups in total. The Bertz CT molecular complexity index is 631. The zero-order valence-electron chi connectivity index (χ0n) is 10.8. The molecular weight excluding hydrogens is 279 g/mol. The van der Waals surface area contributed by atoms with Crippen molar-refractivity contribution in [1.82, 2.24) is 0 Å². The molecule has 0 aromatic heterocycles. The summed E-state index contributed by atoms with van der Waals surface area (Å²) in [5.41, 5.74) is 1.75. The number of ether oxygens (including phenoxy) is 1. The first kappa shape index (κ1) is 14.3. The van der Waals surface area contributed by atoms with Crippen LogP contribution in [-0.4, -0.2) is 13.1 Å². The second-order valence-electron chi connectivity index (χ2n) is 4.11. The van der Waals surface area contributed by atoms with E-state index in [0.717, 1.165) is 5.56 Å². The van der Waals surface area contributed by atoms with E-state index in [2.05, 4.69) is 0 Å². The smallest absolute Gasteiger partial charge is 0.338 e. The summed E-state index contributed by atoms with van der Waals surface area (Å²) in [5.74, 6) is -0.837. The molecule has 0 saturated heterocycles. The van der Waals surface area contributed by atoms with Gasteiger partial charge in [0, 0.05) is 5.02 Å². The van der Waals surface area contributed by atoms with Gasteiger partial charge in [0.1, 0.15) is 5.82 Å². The molecule has 0 heterocycles. The highest BCUT2D eigenvalue weighted by Gasteiger charge is 2.12. The van der Waals surface area contributed by atoms with Gasteiger partial charge in [-0.1, -0.05) is 35.9 Å². The second kappa shape index (κ2) is 6.35. The van der Waals surface area contributed by atoms with E-state index in [4.69, 9.17) is 16.3 Å². The Labute approximate surface area is 121 Å². The average Bonchev–Trinajstić information content (AvgIpc) is 2.47. The summed E-state index contributed by atoms with van der Waals surface area (Å²) in [6, 6.07) is 12.7. The van der Waals surface area contributed by atoms with Gasteiger partial charge < -0.3 is 4.74 Å². The van der Waals surface area contributed by atoms with E-state index in [-0.39, 0.29) is 5.82 Å². The number of hydrogen-bond donors (Lipinski definition) is 0. The SMILES string of the molecule is COC(=O)/C(=C/c1ccc(Cl)cc1)c1ccc(F)cc1. The number of benzene rings is 2. The Hall–Kier alpha value is -2.13. The van der Waals surface area contributed by atoms with Gasteiger partial charge in [-0.2, -0.15) is 0 Å². The highest BCUT2D eigenvalue weighted by molar-refractivity contribution is 6.30. The number of rotatable bonds is 3. The molecule has 102 valence electrons. The molecule has 0 atom stereocenters. The minimum Gasteiger partial charge on any atom is -0.465 e. The molecule has 0 bridgehead atoms. The summed E-state index contributed by atoms with van der Waals surface area (Å²) < 4.78 is 17.7. The van der Waals surface area contributed by atoms with E-state index in [1.807, 2.05) is 0 Å². The van der Waals surface area contributed by atoms with Crippen LogP contribution in [0.15, 0.2) is 48.5 Å². The van der Waals surface area contributed by atoms with Gasteiger partial charge in [-0.25, -0.2) is 9.18 Å². The number of carbonyl (C=O) groups excluding carboxylic acids is 1. The van der Waals surface area contributed by atoms with Crippen molar-refractivity contribution in [3.05, 3.63) is 70.5 Å². The Balaban J connectivity index is 2.44. The third kappa shape index (κ3) is 3.45. The maximum Gasteiger partial charge on any atom is 0.338 e. The van der Waals surface area contributed by atoms with Crippen molar-refractivity contribution in [2.45, 2.75) is 0 Å². The maximum atomic E-state index is 13.0. The first-order valence-corrected chi connectivity index (χ1v) is 6.29. The van der Waals surface area contributed by atoms with Gasteiger partial charge in [-0.15, -0.1) is 0 Å². The third-order valence-electron chi connectivity index (χ3n) is 2.74. The van der Waals surface area contributed by atoms with Crippen LogP contribution >= 0.6 is 11.6 Å². The Morgan fingerprint density at radius 1 is 1.10 bits per heavy atom. The summed E-state index contributed by atoms with van der Waals surface area (Å²) in [4.78, 5) is 11.9. The largest absolute Gasteiger partial charge is 0.465 e. The van der Waals surface area contributed by atoms with Crippen LogP contribution in [-0.2, 0) is 9.53 Å². The first-order chi connectivity index (χ1) is 9.60. The number of halogens is 2. The van der Waals surface area contributed by atoms with Gasteiger partial charge in [-0.3, -0.25) is 0 Å². The molecule has 2 nitrogen and oxygen atoms in total. The van der Waals surface area contributed by atoms with Crippen LogP contribution in [0.4, 0.5) is 4.39 Å². The molecule has 0 fully saturated rings. The lowest BCUT2D eigenvalue weighted by atomic mass is 10.0. The molecule has 0 amide bonds. The molecule has 0 aliphatic rings. The van der Waals surface area contributed by atoms with Crippen molar-refractivity contribution in [1.29, 1.82) is 0 Å². The molecule has 20 heavy (non-hydrogen) atoms.